The Morgan fingerprint density at radius 1 is 1.00 bits per heavy atom. The lowest BCUT2D eigenvalue weighted by atomic mass is 9.86. The summed E-state index contributed by atoms with van der Waals surface area (Å²) in [5, 5.41) is 2.78. The van der Waals surface area contributed by atoms with Crippen LogP contribution >= 0.6 is 0 Å². The van der Waals surface area contributed by atoms with Crippen molar-refractivity contribution in [2.75, 3.05) is 23.4 Å². The van der Waals surface area contributed by atoms with Gasteiger partial charge in [0.1, 0.15) is 6.61 Å². The third-order valence-corrected chi connectivity index (χ3v) is 4.88. The summed E-state index contributed by atoms with van der Waals surface area (Å²) in [7, 11) is 0. The molecule has 1 aliphatic rings. The maximum absolute atomic E-state index is 12.4. The van der Waals surface area contributed by atoms with Crippen LogP contribution in [-0.2, 0) is 14.9 Å². The second-order valence-electron chi connectivity index (χ2n) is 8.11. The normalized spacial score (nSPS) is 13.9. The summed E-state index contributed by atoms with van der Waals surface area (Å²) in [5.41, 5.74) is 3.16. The van der Waals surface area contributed by atoms with Gasteiger partial charge in [-0.25, -0.2) is 4.79 Å². The largest absolute Gasteiger partial charge is 0.447 e. The van der Waals surface area contributed by atoms with E-state index in [1.165, 1.54) is 4.90 Å². The van der Waals surface area contributed by atoms with E-state index in [2.05, 4.69) is 26.1 Å². The zero-order valence-corrected chi connectivity index (χ0v) is 17.0. The number of carbonyl (C=O) groups excluding carboxylic acids is 3. The molecular formula is C23H26N2O4. The zero-order valence-electron chi connectivity index (χ0n) is 17.0. The van der Waals surface area contributed by atoms with Gasteiger partial charge >= 0.3 is 6.09 Å². The van der Waals surface area contributed by atoms with Gasteiger partial charge in [0.05, 0.1) is 6.54 Å². The maximum atomic E-state index is 12.4. The second kappa shape index (κ2) is 8.47. The molecule has 2 amide bonds. The molecule has 1 N–H and O–H groups in total. The van der Waals surface area contributed by atoms with Crippen LogP contribution in [0.1, 0.15) is 49.5 Å². The van der Waals surface area contributed by atoms with E-state index >= 15 is 0 Å². The molecule has 152 valence electrons. The number of benzene rings is 2. The topological polar surface area (TPSA) is 75.7 Å². The Kier molecular flexibility index (Phi) is 6.01. The van der Waals surface area contributed by atoms with Crippen molar-refractivity contribution in [2.24, 2.45) is 0 Å². The number of cyclic esters (lactones) is 1. The first-order valence-corrected chi connectivity index (χ1v) is 9.72. The van der Waals surface area contributed by atoms with Gasteiger partial charge in [-0.2, -0.15) is 0 Å². The Balaban J connectivity index is 1.50. The Labute approximate surface area is 170 Å². The van der Waals surface area contributed by atoms with Crippen molar-refractivity contribution in [3.8, 4) is 0 Å². The fourth-order valence-electron chi connectivity index (χ4n) is 3.10. The van der Waals surface area contributed by atoms with Crippen LogP contribution in [0.4, 0.5) is 16.2 Å². The number of hydrogen-bond donors (Lipinski definition) is 1. The third-order valence-electron chi connectivity index (χ3n) is 4.88. The van der Waals surface area contributed by atoms with Crippen LogP contribution < -0.4 is 10.2 Å². The molecule has 1 fully saturated rings. The molecule has 0 spiro atoms. The van der Waals surface area contributed by atoms with Crippen molar-refractivity contribution in [2.45, 2.75) is 39.0 Å². The van der Waals surface area contributed by atoms with E-state index in [1.54, 1.807) is 24.3 Å². The van der Waals surface area contributed by atoms with Crippen molar-refractivity contribution < 1.29 is 19.1 Å². The first-order chi connectivity index (χ1) is 13.7. The van der Waals surface area contributed by atoms with Crippen LogP contribution in [0.2, 0.25) is 0 Å². The molecule has 3 rings (SSSR count). The van der Waals surface area contributed by atoms with Crippen LogP contribution in [-0.4, -0.2) is 30.9 Å². The number of ketones is 1. The van der Waals surface area contributed by atoms with E-state index in [4.69, 9.17) is 4.74 Å². The van der Waals surface area contributed by atoms with E-state index in [9.17, 15) is 14.4 Å². The maximum Gasteiger partial charge on any atom is 0.414 e. The second-order valence-corrected chi connectivity index (χ2v) is 8.11. The summed E-state index contributed by atoms with van der Waals surface area (Å²) in [6.45, 7) is 7.26. The first kappa shape index (κ1) is 20.6. The van der Waals surface area contributed by atoms with Gasteiger partial charge in [-0.1, -0.05) is 45.0 Å². The van der Waals surface area contributed by atoms with Crippen molar-refractivity contribution in [3.05, 3.63) is 59.7 Å². The molecule has 0 bridgehead atoms. The smallest absolute Gasteiger partial charge is 0.414 e. The number of hydrogen-bond acceptors (Lipinski definition) is 4. The van der Waals surface area contributed by atoms with Crippen LogP contribution in [0.3, 0.4) is 0 Å². The van der Waals surface area contributed by atoms with Gasteiger partial charge in [-0.15, -0.1) is 0 Å². The van der Waals surface area contributed by atoms with Crippen molar-refractivity contribution in [1.29, 1.82) is 0 Å². The first-order valence-electron chi connectivity index (χ1n) is 9.72. The Hall–Kier alpha value is -3.15. The van der Waals surface area contributed by atoms with E-state index in [-0.39, 0.29) is 36.0 Å². The lowest BCUT2D eigenvalue weighted by Crippen LogP contribution is -2.23. The molecule has 1 aliphatic heterocycles. The standard InChI is InChI=1S/C23H26N2O4/c1-23(2,3)17-6-4-16(5-7-17)20(26)12-13-21(27)24-18-8-10-19(11-9-18)25-14-15-29-22(25)28/h4-11H,12-15H2,1-3H3,(H,24,27). The van der Waals surface area contributed by atoms with Crippen molar-refractivity contribution in [1.82, 2.24) is 0 Å². The summed E-state index contributed by atoms with van der Waals surface area (Å²) in [6.07, 6.45) is -0.103. The van der Waals surface area contributed by atoms with Crippen LogP contribution in [0.15, 0.2) is 48.5 Å². The average Bonchev–Trinajstić information content (AvgIpc) is 3.12. The molecule has 0 saturated carbocycles. The van der Waals surface area contributed by atoms with Crippen molar-refractivity contribution in [3.63, 3.8) is 0 Å². The number of nitrogens with zero attached hydrogens (tertiary/aromatic N) is 1. The fourth-order valence-corrected chi connectivity index (χ4v) is 3.10. The quantitative estimate of drug-likeness (QED) is 0.730. The van der Waals surface area contributed by atoms with Gasteiger partial charge in [-0.05, 0) is 35.2 Å². The van der Waals surface area contributed by atoms with E-state index < -0.39 is 0 Å². The van der Waals surface area contributed by atoms with Crippen LogP contribution in [0.5, 0.6) is 0 Å². The molecule has 0 atom stereocenters. The van der Waals surface area contributed by atoms with Crippen molar-refractivity contribution >= 4 is 29.2 Å². The minimum absolute atomic E-state index is 0.0338. The molecule has 0 unspecified atom stereocenters. The van der Waals surface area contributed by atoms with Crippen LogP contribution in [0, 0.1) is 0 Å². The number of anilines is 2. The molecule has 6 heteroatoms. The minimum Gasteiger partial charge on any atom is -0.447 e. The summed E-state index contributed by atoms with van der Waals surface area (Å²) in [4.78, 5) is 37.6. The molecule has 6 nitrogen and oxygen atoms in total. The zero-order chi connectivity index (χ0) is 21.0. The average molecular weight is 394 g/mol. The highest BCUT2D eigenvalue weighted by molar-refractivity contribution is 6.00. The predicted molar refractivity (Wildman–Crippen MR) is 112 cm³/mol. The Bertz CT molecular complexity index is 896. The number of Topliss-reactive ketones (excluding diaryl/α,β-unsaturated/α-hetero) is 1. The van der Waals surface area contributed by atoms with E-state index in [0.717, 1.165) is 11.3 Å². The van der Waals surface area contributed by atoms with Gasteiger partial charge in [0.15, 0.2) is 5.78 Å². The molecular weight excluding hydrogens is 368 g/mol. The Morgan fingerprint density at radius 2 is 1.66 bits per heavy atom. The monoisotopic (exact) mass is 394 g/mol. The van der Waals surface area contributed by atoms with Gasteiger partial charge < -0.3 is 10.1 Å². The molecule has 1 heterocycles. The van der Waals surface area contributed by atoms with Gasteiger partial charge in [0, 0.05) is 29.8 Å². The molecule has 2 aromatic carbocycles. The Morgan fingerprint density at radius 3 is 2.21 bits per heavy atom. The lowest BCUT2D eigenvalue weighted by molar-refractivity contribution is -0.116. The van der Waals surface area contributed by atoms with Gasteiger partial charge in [-0.3, -0.25) is 14.5 Å². The lowest BCUT2D eigenvalue weighted by Gasteiger charge is -2.19. The number of ether oxygens (including phenoxy) is 1. The highest BCUT2D eigenvalue weighted by atomic mass is 16.6. The van der Waals surface area contributed by atoms with Gasteiger partial charge in [0.2, 0.25) is 5.91 Å². The van der Waals surface area contributed by atoms with Crippen LogP contribution in [0.25, 0.3) is 0 Å². The molecule has 0 radical (unpaired) electrons. The highest BCUT2D eigenvalue weighted by Crippen LogP contribution is 2.23. The molecule has 0 aromatic heterocycles. The summed E-state index contributed by atoms with van der Waals surface area (Å²) < 4.78 is 4.91. The van der Waals surface area contributed by atoms with E-state index in [1.807, 2.05) is 24.3 Å². The summed E-state index contributed by atoms with van der Waals surface area (Å²) in [6, 6.07) is 14.5. The number of amides is 2. The van der Waals surface area contributed by atoms with Gasteiger partial charge in [0.25, 0.3) is 0 Å². The molecule has 1 saturated heterocycles. The molecule has 29 heavy (non-hydrogen) atoms. The number of carbonyl (C=O) groups is 3. The summed E-state index contributed by atoms with van der Waals surface area (Å²) >= 11 is 0. The van der Waals surface area contributed by atoms with E-state index in [0.29, 0.717) is 24.4 Å². The highest BCUT2D eigenvalue weighted by Gasteiger charge is 2.23. The molecule has 2 aromatic rings. The molecule has 0 aliphatic carbocycles. The number of nitrogens with one attached hydrogen (secondary N) is 1. The fraction of sp³-hybridized carbons (Fsp3) is 0.348. The summed E-state index contributed by atoms with van der Waals surface area (Å²) in [5.74, 6) is -0.276. The SMILES string of the molecule is CC(C)(C)c1ccc(C(=O)CCC(=O)Nc2ccc(N3CCOC3=O)cc2)cc1. The third kappa shape index (κ3) is 5.22. The minimum atomic E-state index is -0.365. The number of rotatable bonds is 6. The predicted octanol–water partition coefficient (Wildman–Crippen LogP) is 4.54.